The Bertz CT molecular complexity index is 1750. The quantitative estimate of drug-likeness (QED) is 0.215. The molecule has 0 nitrogen and oxygen atoms in total. The standard InChI is InChI=1S/C15H8BrS.C15H10Br.2ClH.Zr/c16-14-5-4-10-6-11-8-13(10)15(14)17-12-3-1-2-9(11)7-12;16-15-7-6-12-8-13(9-14(12)10-15)11-4-2-1-3-5-11;;;/h1-8H;1-10H;2*1H;/q2*-1;;;+4/p-2. The summed E-state index contributed by atoms with van der Waals surface area (Å²) in [5.41, 5.74) is 2.56. The van der Waals surface area contributed by atoms with Crippen molar-refractivity contribution in [1.29, 1.82) is 0 Å². The van der Waals surface area contributed by atoms with E-state index in [0.717, 1.165) is 4.47 Å². The van der Waals surface area contributed by atoms with Crippen LogP contribution in [-0.2, 0) is 26.2 Å². The SMILES string of the molecule is Brc1ccc2[cH-]c(-c3ccccc3)cc2c1.Brc1ccc2[cH-]c3cc2c1sc1cccc3c1.[Cl-].[Cl-].[Zr+4]. The van der Waals surface area contributed by atoms with Crippen LogP contribution in [0.15, 0.2) is 118 Å². The number of fused-ring (bicyclic) bond motifs is 5. The fraction of sp³-hybridized carbons (Fsp3) is 0. The molecular weight excluding hydrogens is 714 g/mol. The van der Waals surface area contributed by atoms with Crippen LogP contribution in [-0.4, -0.2) is 0 Å². The number of hydrogen-bond donors (Lipinski definition) is 0. The first-order valence-electron chi connectivity index (χ1n) is 10.7. The summed E-state index contributed by atoms with van der Waals surface area (Å²) in [6, 6.07) is 39.0. The van der Waals surface area contributed by atoms with Crippen molar-refractivity contribution in [3.05, 3.63) is 118 Å². The van der Waals surface area contributed by atoms with E-state index < -0.39 is 0 Å². The Morgan fingerprint density at radius 3 is 2.19 bits per heavy atom. The first kappa shape index (κ1) is 29.3. The summed E-state index contributed by atoms with van der Waals surface area (Å²) in [5.74, 6) is 0. The van der Waals surface area contributed by atoms with E-state index in [1.807, 2.05) is 17.4 Å². The van der Waals surface area contributed by atoms with E-state index in [-0.39, 0.29) is 51.0 Å². The Hall–Kier alpha value is -1.26. The zero-order valence-corrected chi connectivity index (χ0v) is 26.8. The van der Waals surface area contributed by atoms with E-state index in [0.29, 0.717) is 0 Å². The summed E-state index contributed by atoms with van der Waals surface area (Å²) in [5, 5.41) is 7.89. The van der Waals surface area contributed by atoms with Crippen LogP contribution in [0.4, 0.5) is 0 Å². The first-order chi connectivity index (χ1) is 16.1. The monoisotopic (exact) mass is 728 g/mol. The molecule has 0 unspecified atom stereocenters. The molecule has 6 heteroatoms. The maximum absolute atomic E-state index is 3.65. The zero-order chi connectivity index (χ0) is 22.4. The summed E-state index contributed by atoms with van der Waals surface area (Å²) < 4.78 is 4.94. The third-order valence-electron chi connectivity index (χ3n) is 5.96. The van der Waals surface area contributed by atoms with Gasteiger partial charge in [-0.05, 0) is 6.07 Å². The molecule has 0 radical (unpaired) electrons. The molecule has 0 amide bonds. The van der Waals surface area contributed by atoms with Gasteiger partial charge in [-0.1, -0.05) is 115 Å². The topological polar surface area (TPSA) is 0 Å². The molecule has 0 atom stereocenters. The third kappa shape index (κ3) is 5.91. The van der Waals surface area contributed by atoms with Gasteiger partial charge in [0.1, 0.15) is 0 Å². The van der Waals surface area contributed by atoms with E-state index in [9.17, 15) is 0 Å². The van der Waals surface area contributed by atoms with Gasteiger partial charge in [0.05, 0.1) is 0 Å². The molecule has 36 heavy (non-hydrogen) atoms. The van der Waals surface area contributed by atoms with Crippen LogP contribution in [0, 0.1) is 0 Å². The van der Waals surface area contributed by atoms with Gasteiger partial charge < -0.3 is 24.8 Å². The minimum atomic E-state index is 0. The first-order valence-corrected chi connectivity index (χ1v) is 13.1. The van der Waals surface area contributed by atoms with Crippen LogP contribution >= 0.6 is 43.2 Å². The van der Waals surface area contributed by atoms with Crippen LogP contribution in [0.3, 0.4) is 0 Å². The fourth-order valence-corrected chi connectivity index (χ4v) is 6.32. The summed E-state index contributed by atoms with van der Waals surface area (Å²) in [6.45, 7) is 0. The molecule has 6 aromatic carbocycles. The van der Waals surface area contributed by atoms with Gasteiger partial charge in [-0.3, -0.25) is 0 Å². The van der Waals surface area contributed by atoms with Crippen LogP contribution in [0.25, 0.3) is 52.8 Å². The molecule has 1 aromatic heterocycles. The Morgan fingerprint density at radius 1 is 0.611 bits per heavy atom. The molecule has 0 aliphatic rings. The second-order valence-electron chi connectivity index (χ2n) is 8.14. The van der Waals surface area contributed by atoms with Crippen LogP contribution in [0.1, 0.15) is 0 Å². The molecule has 0 N–H and O–H groups in total. The largest absolute Gasteiger partial charge is 4.00 e. The molecule has 0 saturated carbocycles. The molecule has 0 spiro atoms. The average Bonchev–Trinajstić information content (AvgIpc) is 3.46. The fourth-order valence-electron chi connectivity index (χ4n) is 4.33. The Balaban J connectivity index is 0.000000185. The summed E-state index contributed by atoms with van der Waals surface area (Å²) in [6.07, 6.45) is 0. The van der Waals surface area contributed by atoms with Crippen LogP contribution in [0.2, 0.25) is 0 Å². The Labute approximate surface area is 262 Å². The number of rotatable bonds is 1. The molecule has 0 aliphatic heterocycles. The smallest absolute Gasteiger partial charge is 1.00 e. The maximum Gasteiger partial charge on any atom is 4.00 e. The van der Waals surface area contributed by atoms with Gasteiger partial charge in [0.2, 0.25) is 0 Å². The molecule has 4 bridgehead atoms. The third-order valence-corrected chi connectivity index (χ3v) is 8.51. The maximum atomic E-state index is 3.65. The second kappa shape index (κ2) is 12.5. The van der Waals surface area contributed by atoms with Crippen molar-refractivity contribution in [3.8, 4) is 11.1 Å². The van der Waals surface area contributed by atoms with E-state index in [1.165, 1.54) is 57.3 Å². The van der Waals surface area contributed by atoms with E-state index in [2.05, 4.69) is 135 Å². The Morgan fingerprint density at radius 2 is 1.39 bits per heavy atom. The van der Waals surface area contributed by atoms with Crippen molar-refractivity contribution in [2.75, 3.05) is 0 Å². The van der Waals surface area contributed by atoms with Crippen molar-refractivity contribution < 1.29 is 51.0 Å². The zero-order valence-electron chi connectivity index (χ0n) is 18.8. The molecule has 1 heterocycles. The Kier molecular flexibility index (Phi) is 10.2. The summed E-state index contributed by atoms with van der Waals surface area (Å²) in [7, 11) is 0. The number of halogens is 4. The van der Waals surface area contributed by atoms with Crippen molar-refractivity contribution in [2.24, 2.45) is 0 Å². The van der Waals surface area contributed by atoms with Crippen molar-refractivity contribution in [3.63, 3.8) is 0 Å². The average molecular weight is 732 g/mol. The predicted molar refractivity (Wildman–Crippen MR) is 153 cm³/mol. The van der Waals surface area contributed by atoms with Gasteiger partial charge in [0.25, 0.3) is 0 Å². The molecule has 0 fully saturated rings. The van der Waals surface area contributed by atoms with Crippen molar-refractivity contribution in [2.45, 2.75) is 0 Å². The molecule has 0 saturated heterocycles. The summed E-state index contributed by atoms with van der Waals surface area (Å²) >= 11 is 8.99. The van der Waals surface area contributed by atoms with Crippen molar-refractivity contribution in [1.82, 2.24) is 0 Å². The van der Waals surface area contributed by atoms with E-state index in [4.69, 9.17) is 0 Å². The van der Waals surface area contributed by atoms with Gasteiger partial charge in [-0.2, -0.15) is 0 Å². The van der Waals surface area contributed by atoms with Gasteiger partial charge in [0.15, 0.2) is 0 Å². The van der Waals surface area contributed by atoms with Gasteiger partial charge in [0, 0.05) is 18.3 Å². The molecule has 176 valence electrons. The van der Waals surface area contributed by atoms with Crippen molar-refractivity contribution >= 4 is 84.9 Å². The number of hydrogen-bond acceptors (Lipinski definition) is 1. The predicted octanol–water partition coefficient (Wildman–Crippen LogP) is 4.68. The molecule has 7 rings (SSSR count). The van der Waals surface area contributed by atoms with Crippen LogP contribution in [0.5, 0.6) is 0 Å². The molecule has 7 aromatic rings. The van der Waals surface area contributed by atoms with Crippen LogP contribution < -0.4 is 24.8 Å². The van der Waals surface area contributed by atoms with E-state index in [1.54, 1.807) is 0 Å². The van der Waals surface area contributed by atoms with Gasteiger partial charge in [-0.15, -0.1) is 74.8 Å². The minimum Gasteiger partial charge on any atom is -1.00 e. The minimum absolute atomic E-state index is 0. The van der Waals surface area contributed by atoms with E-state index >= 15 is 0 Å². The molecular formula is C30H18Br2Cl2SZr. The number of benzene rings is 4. The molecule has 0 aliphatic carbocycles. The van der Waals surface area contributed by atoms with Gasteiger partial charge in [-0.25, -0.2) is 0 Å². The second-order valence-corrected chi connectivity index (χ2v) is 11.0. The summed E-state index contributed by atoms with van der Waals surface area (Å²) in [4.78, 5) is 0. The normalized spacial score (nSPS) is 10.4. The van der Waals surface area contributed by atoms with Gasteiger partial charge >= 0.3 is 26.2 Å².